The number of fused-ring (bicyclic) bond motifs is 1. The molecule has 0 aliphatic carbocycles. The molecule has 2 aromatic carbocycles. The second kappa shape index (κ2) is 7.49. The average molecular weight is 356 g/mol. The number of aromatic nitrogens is 2. The average Bonchev–Trinajstić information content (AvgIpc) is 2.61. The van der Waals surface area contributed by atoms with E-state index in [-0.39, 0.29) is 17.9 Å². The second-order valence-corrected chi connectivity index (χ2v) is 6.30. The SMILES string of the molecule is Cc1cccc2c(=O)n(CCC(=O)NCc3ccc(Cl)cc3)cnc12. The maximum absolute atomic E-state index is 12.5. The van der Waals surface area contributed by atoms with Crippen molar-refractivity contribution in [2.45, 2.75) is 26.4 Å². The number of halogens is 1. The Kier molecular flexibility index (Phi) is 5.14. The molecule has 3 aromatic rings. The molecular formula is C19H18ClN3O2. The highest BCUT2D eigenvalue weighted by Gasteiger charge is 2.08. The first-order chi connectivity index (χ1) is 12.0. The first kappa shape index (κ1) is 17.2. The molecule has 0 unspecified atom stereocenters. The molecule has 1 amide bonds. The summed E-state index contributed by atoms with van der Waals surface area (Å²) in [5.74, 6) is -0.119. The van der Waals surface area contributed by atoms with Gasteiger partial charge in [0.2, 0.25) is 5.91 Å². The molecule has 128 valence electrons. The molecule has 1 aromatic heterocycles. The van der Waals surface area contributed by atoms with E-state index in [2.05, 4.69) is 10.3 Å². The van der Waals surface area contributed by atoms with E-state index in [1.165, 1.54) is 10.9 Å². The molecule has 0 radical (unpaired) electrons. The van der Waals surface area contributed by atoms with Crippen LogP contribution in [0.3, 0.4) is 0 Å². The molecule has 0 saturated carbocycles. The van der Waals surface area contributed by atoms with Crippen molar-refractivity contribution in [3.8, 4) is 0 Å². The number of hydrogen-bond acceptors (Lipinski definition) is 3. The third-order valence-corrected chi connectivity index (χ3v) is 4.29. The number of para-hydroxylation sites is 1. The van der Waals surface area contributed by atoms with Crippen molar-refractivity contribution in [1.29, 1.82) is 0 Å². The molecule has 0 bridgehead atoms. The Bertz CT molecular complexity index is 965. The van der Waals surface area contributed by atoms with Crippen LogP contribution < -0.4 is 10.9 Å². The summed E-state index contributed by atoms with van der Waals surface area (Å²) in [6, 6.07) is 12.8. The van der Waals surface area contributed by atoms with Crippen LogP contribution in [0.1, 0.15) is 17.5 Å². The summed E-state index contributed by atoms with van der Waals surface area (Å²) in [5.41, 5.74) is 2.51. The van der Waals surface area contributed by atoms with Crippen molar-refractivity contribution in [2.24, 2.45) is 0 Å². The molecule has 1 heterocycles. The lowest BCUT2D eigenvalue weighted by molar-refractivity contribution is -0.121. The number of carbonyl (C=O) groups excluding carboxylic acids is 1. The fraction of sp³-hybridized carbons (Fsp3) is 0.211. The molecule has 0 aliphatic rings. The molecule has 3 rings (SSSR count). The molecule has 5 nitrogen and oxygen atoms in total. The Morgan fingerprint density at radius 2 is 1.96 bits per heavy atom. The molecule has 0 fully saturated rings. The van der Waals surface area contributed by atoms with Crippen molar-refractivity contribution in [1.82, 2.24) is 14.9 Å². The van der Waals surface area contributed by atoms with Gasteiger partial charge in [-0.2, -0.15) is 0 Å². The number of amides is 1. The Morgan fingerprint density at radius 3 is 2.72 bits per heavy atom. The van der Waals surface area contributed by atoms with E-state index >= 15 is 0 Å². The molecule has 0 saturated heterocycles. The molecule has 25 heavy (non-hydrogen) atoms. The fourth-order valence-electron chi connectivity index (χ4n) is 2.61. The van der Waals surface area contributed by atoms with Gasteiger partial charge < -0.3 is 5.32 Å². The third kappa shape index (κ3) is 4.06. The molecule has 0 aliphatic heterocycles. The Morgan fingerprint density at radius 1 is 1.20 bits per heavy atom. The summed E-state index contributed by atoms with van der Waals surface area (Å²) in [6.45, 7) is 2.64. The Hall–Kier alpha value is -2.66. The van der Waals surface area contributed by atoms with Gasteiger partial charge in [-0.3, -0.25) is 14.2 Å². The van der Waals surface area contributed by atoms with Crippen LogP contribution in [0.5, 0.6) is 0 Å². The monoisotopic (exact) mass is 355 g/mol. The second-order valence-electron chi connectivity index (χ2n) is 5.87. The number of carbonyl (C=O) groups is 1. The quantitative estimate of drug-likeness (QED) is 0.765. The largest absolute Gasteiger partial charge is 0.352 e. The summed E-state index contributed by atoms with van der Waals surface area (Å²) < 4.78 is 1.48. The highest BCUT2D eigenvalue weighted by Crippen LogP contribution is 2.11. The minimum Gasteiger partial charge on any atom is -0.352 e. The van der Waals surface area contributed by atoms with Crippen LogP contribution in [0.4, 0.5) is 0 Å². The summed E-state index contributed by atoms with van der Waals surface area (Å²) >= 11 is 5.83. The normalized spacial score (nSPS) is 10.8. The highest BCUT2D eigenvalue weighted by molar-refractivity contribution is 6.30. The van der Waals surface area contributed by atoms with Crippen molar-refractivity contribution >= 4 is 28.4 Å². The first-order valence-electron chi connectivity index (χ1n) is 8.00. The molecule has 6 heteroatoms. The van der Waals surface area contributed by atoms with Crippen LogP contribution in [-0.4, -0.2) is 15.5 Å². The summed E-state index contributed by atoms with van der Waals surface area (Å²) in [4.78, 5) is 28.8. The lowest BCUT2D eigenvalue weighted by Crippen LogP contribution is -2.27. The Balaban J connectivity index is 1.62. The van der Waals surface area contributed by atoms with Crippen LogP contribution in [0.15, 0.2) is 53.6 Å². The zero-order chi connectivity index (χ0) is 17.8. The van der Waals surface area contributed by atoms with Crippen molar-refractivity contribution in [2.75, 3.05) is 0 Å². The Labute approximate surface area is 150 Å². The minimum absolute atomic E-state index is 0.119. The van der Waals surface area contributed by atoms with Gasteiger partial charge in [0.25, 0.3) is 5.56 Å². The van der Waals surface area contributed by atoms with Gasteiger partial charge in [0, 0.05) is 24.5 Å². The van der Waals surface area contributed by atoms with Gasteiger partial charge in [-0.1, -0.05) is 35.9 Å². The first-order valence-corrected chi connectivity index (χ1v) is 8.38. The molecular weight excluding hydrogens is 338 g/mol. The van der Waals surface area contributed by atoms with E-state index in [0.29, 0.717) is 29.0 Å². The zero-order valence-corrected chi connectivity index (χ0v) is 14.6. The summed E-state index contributed by atoms with van der Waals surface area (Å²) in [6.07, 6.45) is 1.72. The van der Waals surface area contributed by atoms with Crippen LogP contribution in [0, 0.1) is 6.92 Å². The lowest BCUT2D eigenvalue weighted by Gasteiger charge is -2.08. The standard InChI is InChI=1S/C19H18ClN3O2/c1-13-3-2-4-16-18(13)22-12-23(19(16)25)10-9-17(24)21-11-14-5-7-15(20)8-6-14/h2-8,12H,9-11H2,1H3,(H,21,24). The number of rotatable bonds is 5. The maximum Gasteiger partial charge on any atom is 0.261 e. The number of hydrogen-bond donors (Lipinski definition) is 1. The number of aryl methyl sites for hydroxylation is 2. The fourth-order valence-corrected chi connectivity index (χ4v) is 2.74. The molecule has 0 spiro atoms. The summed E-state index contributed by atoms with van der Waals surface area (Å²) in [5, 5.41) is 4.07. The third-order valence-electron chi connectivity index (χ3n) is 4.04. The predicted octanol–water partition coefficient (Wildman–Crippen LogP) is 3.06. The van der Waals surface area contributed by atoms with Crippen LogP contribution in [-0.2, 0) is 17.9 Å². The maximum atomic E-state index is 12.5. The lowest BCUT2D eigenvalue weighted by atomic mass is 10.1. The van der Waals surface area contributed by atoms with Crippen molar-refractivity contribution < 1.29 is 4.79 Å². The zero-order valence-electron chi connectivity index (χ0n) is 13.8. The predicted molar refractivity (Wildman–Crippen MR) is 98.7 cm³/mol. The van der Waals surface area contributed by atoms with Gasteiger partial charge in [0.05, 0.1) is 17.2 Å². The highest BCUT2D eigenvalue weighted by atomic mass is 35.5. The van der Waals surface area contributed by atoms with Crippen molar-refractivity contribution in [3.63, 3.8) is 0 Å². The van der Waals surface area contributed by atoms with E-state index in [1.807, 2.05) is 31.2 Å². The number of benzene rings is 2. The van der Waals surface area contributed by atoms with E-state index in [0.717, 1.165) is 11.1 Å². The summed E-state index contributed by atoms with van der Waals surface area (Å²) in [7, 11) is 0. The van der Waals surface area contributed by atoms with Crippen LogP contribution in [0.25, 0.3) is 10.9 Å². The molecule has 1 N–H and O–H groups in total. The number of nitrogens with zero attached hydrogens (tertiary/aromatic N) is 2. The van der Waals surface area contributed by atoms with Crippen LogP contribution >= 0.6 is 11.6 Å². The van der Waals surface area contributed by atoms with Crippen LogP contribution in [0.2, 0.25) is 5.02 Å². The smallest absolute Gasteiger partial charge is 0.261 e. The van der Waals surface area contributed by atoms with E-state index < -0.39 is 0 Å². The molecule has 0 atom stereocenters. The van der Waals surface area contributed by atoms with Gasteiger partial charge in [0.1, 0.15) is 0 Å². The van der Waals surface area contributed by atoms with E-state index in [1.54, 1.807) is 18.2 Å². The van der Waals surface area contributed by atoms with E-state index in [4.69, 9.17) is 11.6 Å². The minimum atomic E-state index is -0.126. The number of nitrogens with one attached hydrogen (secondary N) is 1. The topological polar surface area (TPSA) is 64.0 Å². The van der Waals surface area contributed by atoms with Gasteiger partial charge >= 0.3 is 0 Å². The van der Waals surface area contributed by atoms with Gasteiger partial charge in [-0.05, 0) is 36.2 Å². The van der Waals surface area contributed by atoms with Gasteiger partial charge in [-0.25, -0.2) is 4.98 Å². The van der Waals surface area contributed by atoms with E-state index in [9.17, 15) is 9.59 Å². The van der Waals surface area contributed by atoms with Gasteiger partial charge in [-0.15, -0.1) is 0 Å². The van der Waals surface area contributed by atoms with Crippen molar-refractivity contribution in [3.05, 3.63) is 75.3 Å². The van der Waals surface area contributed by atoms with Gasteiger partial charge in [0.15, 0.2) is 0 Å².